The molecule has 1 saturated carbocycles. The van der Waals surface area contributed by atoms with E-state index in [1.54, 1.807) is 0 Å². The van der Waals surface area contributed by atoms with Crippen molar-refractivity contribution in [2.45, 2.75) is 84.2 Å². The third-order valence-corrected chi connectivity index (χ3v) is 5.67. The van der Waals surface area contributed by atoms with Gasteiger partial charge >= 0.3 is 7.12 Å². The molecule has 0 aromatic rings. The molecule has 2 unspecified atom stereocenters. The number of carbonyl (C=O) groups is 1. The minimum atomic E-state index is -0.335. The zero-order valence-corrected chi connectivity index (χ0v) is 14.1. The van der Waals surface area contributed by atoms with Crippen LogP contribution in [0.3, 0.4) is 0 Å². The van der Waals surface area contributed by atoms with Crippen molar-refractivity contribution >= 4 is 12.9 Å². The molecule has 20 heavy (non-hydrogen) atoms. The second-order valence-corrected chi connectivity index (χ2v) is 8.31. The fraction of sp³-hybridized carbons (Fsp3) is 0.938. The highest BCUT2D eigenvalue weighted by Crippen LogP contribution is 2.51. The normalized spacial score (nSPS) is 33.5. The third kappa shape index (κ3) is 2.57. The van der Waals surface area contributed by atoms with Crippen LogP contribution < -0.4 is 0 Å². The number of carbonyl (C=O) groups excluding carboxylic acids is 1. The molecular weight excluding hydrogens is 251 g/mol. The van der Waals surface area contributed by atoms with Gasteiger partial charge in [-0.3, -0.25) is 4.79 Å². The number of Topliss-reactive ketones (excluding diaryl/α,β-unsaturated/α-hetero) is 1. The van der Waals surface area contributed by atoms with E-state index in [2.05, 4.69) is 48.5 Å². The van der Waals surface area contributed by atoms with Gasteiger partial charge in [0.1, 0.15) is 5.78 Å². The van der Waals surface area contributed by atoms with Crippen LogP contribution in [0.4, 0.5) is 0 Å². The quantitative estimate of drug-likeness (QED) is 0.720. The van der Waals surface area contributed by atoms with Gasteiger partial charge in [-0.15, -0.1) is 0 Å². The Morgan fingerprint density at radius 1 is 1.15 bits per heavy atom. The van der Waals surface area contributed by atoms with Crippen LogP contribution in [0.2, 0.25) is 5.31 Å². The first kappa shape index (κ1) is 16.0. The molecule has 0 spiro atoms. The molecule has 1 heterocycles. The fourth-order valence-electron chi connectivity index (χ4n) is 3.24. The Bertz CT molecular complexity index is 385. The summed E-state index contributed by atoms with van der Waals surface area (Å²) in [5.41, 5.74) is -0.670. The van der Waals surface area contributed by atoms with E-state index in [1.807, 2.05) is 0 Å². The molecule has 0 aromatic carbocycles. The van der Waals surface area contributed by atoms with E-state index in [9.17, 15) is 4.79 Å². The summed E-state index contributed by atoms with van der Waals surface area (Å²) in [6.45, 7) is 14.7. The number of hydrogen-bond acceptors (Lipinski definition) is 3. The minimum Gasteiger partial charge on any atom is -0.403 e. The van der Waals surface area contributed by atoms with Gasteiger partial charge in [0.15, 0.2) is 0 Å². The Kier molecular flexibility index (Phi) is 3.88. The number of rotatable bonds is 2. The third-order valence-electron chi connectivity index (χ3n) is 5.67. The predicted molar refractivity (Wildman–Crippen MR) is 81.6 cm³/mol. The first-order chi connectivity index (χ1) is 8.97. The van der Waals surface area contributed by atoms with E-state index in [0.717, 1.165) is 12.8 Å². The van der Waals surface area contributed by atoms with Gasteiger partial charge < -0.3 is 9.31 Å². The maximum atomic E-state index is 12.4. The van der Waals surface area contributed by atoms with Gasteiger partial charge in [-0.1, -0.05) is 20.8 Å². The Hall–Kier alpha value is -0.345. The summed E-state index contributed by atoms with van der Waals surface area (Å²) >= 11 is 0. The first-order valence-electron chi connectivity index (χ1n) is 7.86. The van der Waals surface area contributed by atoms with E-state index in [-0.39, 0.29) is 29.6 Å². The lowest BCUT2D eigenvalue weighted by atomic mass is 9.50. The SMILES string of the molecule is CC1CCC(=O)C(C(C)(C)B2OC(C)(C)C(C)(C)O2)C1. The smallest absolute Gasteiger partial charge is 0.403 e. The number of ketones is 1. The van der Waals surface area contributed by atoms with E-state index >= 15 is 0 Å². The number of hydrogen-bond donors (Lipinski definition) is 0. The lowest BCUT2D eigenvalue weighted by molar-refractivity contribution is -0.127. The summed E-state index contributed by atoms with van der Waals surface area (Å²) < 4.78 is 12.4. The molecule has 2 fully saturated rings. The van der Waals surface area contributed by atoms with Crippen molar-refractivity contribution in [3.8, 4) is 0 Å². The van der Waals surface area contributed by atoms with Gasteiger partial charge in [0.2, 0.25) is 0 Å². The van der Waals surface area contributed by atoms with E-state index in [4.69, 9.17) is 9.31 Å². The van der Waals surface area contributed by atoms with Crippen molar-refractivity contribution in [3.05, 3.63) is 0 Å². The lowest BCUT2D eigenvalue weighted by Crippen LogP contribution is -2.42. The molecule has 1 aliphatic heterocycles. The Morgan fingerprint density at radius 3 is 2.15 bits per heavy atom. The van der Waals surface area contributed by atoms with Gasteiger partial charge in [-0.25, -0.2) is 0 Å². The van der Waals surface area contributed by atoms with Crippen LogP contribution in [-0.2, 0) is 14.1 Å². The fourth-order valence-corrected chi connectivity index (χ4v) is 3.24. The molecule has 0 bridgehead atoms. The maximum Gasteiger partial charge on any atom is 0.464 e. The summed E-state index contributed by atoms with van der Waals surface area (Å²) in [5.74, 6) is 1.03. The van der Waals surface area contributed by atoms with Crippen LogP contribution in [0.25, 0.3) is 0 Å². The molecule has 1 aliphatic carbocycles. The Morgan fingerprint density at radius 2 is 1.65 bits per heavy atom. The first-order valence-corrected chi connectivity index (χ1v) is 7.86. The topological polar surface area (TPSA) is 35.5 Å². The van der Waals surface area contributed by atoms with Gasteiger partial charge in [-0.05, 0) is 46.5 Å². The lowest BCUT2D eigenvalue weighted by Gasteiger charge is -2.38. The summed E-state index contributed by atoms with van der Waals surface area (Å²) in [6, 6.07) is 0. The molecule has 2 rings (SSSR count). The van der Waals surface area contributed by atoms with Crippen molar-refractivity contribution in [2.75, 3.05) is 0 Å². The van der Waals surface area contributed by atoms with Crippen LogP contribution in [0.5, 0.6) is 0 Å². The molecule has 114 valence electrons. The van der Waals surface area contributed by atoms with Crippen molar-refractivity contribution in [3.63, 3.8) is 0 Å². The van der Waals surface area contributed by atoms with Crippen LogP contribution in [-0.4, -0.2) is 24.1 Å². The van der Waals surface area contributed by atoms with E-state index < -0.39 is 0 Å². The maximum absolute atomic E-state index is 12.4. The van der Waals surface area contributed by atoms with Crippen molar-refractivity contribution in [1.29, 1.82) is 0 Å². The van der Waals surface area contributed by atoms with Gasteiger partial charge in [0.25, 0.3) is 0 Å². The van der Waals surface area contributed by atoms with Crippen molar-refractivity contribution in [2.24, 2.45) is 11.8 Å². The average Bonchev–Trinajstić information content (AvgIpc) is 2.52. The zero-order valence-electron chi connectivity index (χ0n) is 14.1. The van der Waals surface area contributed by atoms with Crippen LogP contribution in [0, 0.1) is 11.8 Å². The predicted octanol–water partition coefficient (Wildman–Crippen LogP) is 3.86. The summed E-state index contributed by atoms with van der Waals surface area (Å²) in [5, 5.41) is -0.281. The van der Waals surface area contributed by atoms with E-state index in [0.29, 0.717) is 18.1 Å². The van der Waals surface area contributed by atoms with Crippen LogP contribution >= 0.6 is 0 Å². The molecule has 2 aliphatic rings. The summed E-state index contributed by atoms with van der Waals surface area (Å²) in [6.07, 6.45) is 2.68. The monoisotopic (exact) mass is 280 g/mol. The molecule has 0 radical (unpaired) electrons. The van der Waals surface area contributed by atoms with Gasteiger partial charge in [-0.2, -0.15) is 0 Å². The van der Waals surface area contributed by atoms with Crippen molar-refractivity contribution < 1.29 is 14.1 Å². The van der Waals surface area contributed by atoms with Crippen LogP contribution in [0.15, 0.2) is 0 Å². The molecular formula is C16H29BO3. The van der Waals surface area contributed by atoms with Crippen LogP contribution in [0.1, 0.15) is 67.7 Å². The molecule has 0 aromatic heterocycles. The molecule has 0 N–H and O–H groups in total. The Labute approximate surface area is 123 Å². The molecule has 0 amide bonds. The standard InChI is InChI=1S/C16H29BO3/c1-11-8-9-13(18)12(10-11)14(2,3)17-19-15(4,5)16(6,7)20-17/h11-12H,8-10H2,1-7H3. The highest BCUT2D eigenvalue weighted by atomic mass is 16.7. The van der Waals surface area contributed by atoms with Gasteiger partial charge in [0, 0.05) is 17.7 Å². The highest BCUT2D eigenvalue weighted by molar-refractivity contribution is 6.50. The zero-order chi connectivity index (χ0) is 15.3. The largest absolute Gasteiger partial charge is 0.464 e. The molecule has 2 atom stereocenters. The van der Waals surface area contributed by atoms with Crippen molar-refractivity contribution in [1.82, 2.24) is 0 Å². The average molecular weight is 280 g/mol. The van der Waals surface area contributed by atoms with Gasteiger partial charge in [0.05, 0.1) is 11.2 Å². The van der Waals surface area contributed by atoms with E-state index in [1.165, 1.54) is 0 Å². The molecule has 4 heteroatoms. The molecule has 3 nitrogen and oxygen atoms in total. The second-order valence-electron chi connectivity index (χ2n) is 8.31. The Balaban J connectivity index is 2.21. The summed E-state index contributed by atoms with van der Waals surface area (Å²) in [4.78, 5) is 12.4. The summed E-state index contributed by atoms with van der Waals surface area (Å²) in [7, 11) is -0.313. The second kappa shape index (κ2) is 4.84. The highest BCUT2D eigenvalue weighted by Gasteiger charge is 2.59. The molecule has 1 saturated heterocycles. The minimum absolute atomic E-state index is 0.0425.